The largest absolute Gasteiger partial charge is 0.497 e. The van der Waals surface area contributed by atoms with E-state index >= 15 is 0 Å². The maximum absolute atomic E-state index is 12.0. The molecule has 0 aliphatic rings. The number of nitrogens with zero attached hydrogens (tertiary/aromatic N) is 2. The average Bonchev–Trinajstić information content (AvgIpc) is 3.07. The Hall–Kier alpha value is -3.35. The molecule has 3 rings (SSSR count). The molecule has 0 radical (unpaired) electrons. The minimum absolute atomic E-state index is 0.286. The first-order valence-electron chi connectivity index (χ1n) is 7.72. The smallest absolute Gasteiger partial charge is 0.319 e. The second-order valence-corrected chi connectivity index (χ2v) is 5.37. The summed E-state index contributed by atoms with van der Waals surface area (Å²) in [6, 6.07) is 14.5. The van der Waals surface area contributed by atoms with Gasteiger partial charge in [-0.1, -0.05) is 17.3 Å². The summed E-state index contributed by atoms with van der Waals surface area (Å²) >= 11 is 0. The van der Waals surface area contributed by atoms with Gasteiger partial charge < -0.3 is 19.9 Å². The number of anilines is 1. The molecular weight excluding hydrogens is 320 g/mol. The van der Waals surface area contributed by atoms with Gasteiger partial charge >= 0.3 is 6.03 Å². The van der Waals surface area contributed by atoms with Crippen LogP contribution in [-0.2, 0) is 6.54 Å². The van der Waals surface area contributed by atoms with E-state index in [1.165, 1.54) is 0 Å². The van der Waals surface area contributed by atoms with Gasteiger partial charge in [0, 0.05) is 24.7 Å². The normalized spacial score (nSPS) is 10.3. The number of rotatable bonds is 5. The van der Waals surface area contributed by atoms with Crippen LogP contribution in [0.2, 0.25) is 0 Å². The predicted molar refractivity (Wildman–Crippen MR) is 93.3 cm³/mol. The van der Waals surface area contributed by atoms with Crippen molar-refractivity contribution in [3.8, 4) is 17.1 Å². The summed E-state index contributed by atoms with van der Waals surface area (Å²) in [6.07, 6.45) is 0. The molecule has 0 saturated carbocycles. The molecule has 0 spiro atoms. The number of ether oxygens (including phenoxy) is 1. The molecule has 0 aliphatic carbocycles. The van der Waals surface area contributed by atoms with Crippen LogP contribution in [0.25, 0.3) is 11.4 Å². The molecule has 0 atom stereocenters. The van der Waals surface area contributed by atoms with Crippen LogP contribution in [-0.4, -0.2) is 23.3 Å². The molecule has 0 aliphatic heterocycles. The lowest BCUT2D eigenvalue weighted by atomic mass is 10.2. The van der Waals surface area contributed by atoms with Crippen molar-refractivity contribution in [1.82, 2.24) is 15.5 Å². The molecule has 3 aromatic rings. The van der Waals surface area contributed by atoms with Gasteiger partial charge in [0.15, 0.2) is 0 Å². The molecule has 2 N–H and O–H groups in total. The van der Waals surface area contributed by atoms with Crippen molar-refractivity contribution in [1.29, 1.82) is 0 Å². The molecular formula is C18H18N4O3. The molecule has 2 aromatic carbocycles. The number of amides is 2. The minimum Gasteiger partial charge on any atom is -0.497 e. The Morgan fingerprint density at radius 1 is 1.20 bits per heavy atom. The van der Waals surface area contributed by atoms with E-state index in [2.05, 4.69) is 20.8 Å². The highest BCUT2D eigenvalue weighted by atomic mass is 16.5. The molecule has 0 saturated heterocycles. The fraction of sp³-hybridized carbons (Fsp3) is 0.167. The summed E-state index contributed by atoms with van der Waals surface area (Å²) in [6.45, 7) is 2.14. The first kappa shape index (κ1) is 16.5. The highest BCUT2D eigenvalue weighted by Gasteiger charge is 2.07. The van der Waals surface area contributed by atoms with Crippen LogP contribution in [0.4, 0.5) is 10.5 Å². The minimum atomic E-state index is -0.286. The Labute approximate surface area is 145 Å². The van der Waals surface area contributed by atoms with Gasteiger partial charge in [0.25, 0.3) is 0 Å². The number of hydrogen-bond donors (Lipinski definition) is 2. The molecule has 0 unspecified atom stereocenters. The molecule has 0 bridgehead atoms. The van der Waals surface area contributed by atoms with Crippen LogP contribution in [0.3, 0.4) is 0 Å². The number of carbonyl (C=O) groups is 1. The van der Waals surface area contributed by atoms with Gasteiger partial charge in [0.1, 0.15) is 5.75 Å². The predicted octanol–water partition coefficient (Wildman–Crippen LogP) is 3.38. The average molecular weight is 338 g/mol. The molecule has 1 heterocycles. The topological polar surface area (TPSA) is 89.3 Å². The molecule has 128 valence electrons. The van der Waals surface area contributed by atoms with E-state index in [1.807, 2.05) is 36.4 Å². The fourth-order valence-electron chi connectivity index (χ4n) is 2.26. The third kappa shape index (κ3) is 4.35. The maximum Gasteiger partial charge on any atom is 0.319 e. The SMILES string of the molecule is COc1cccc(CNC(=O)Nc2ccc(-c3noc(C)n3)cc2)c1. The Morgan fingerprint density at radius 2 is 2.00 bits per heavy atom. The number of carbonyl (C=O) groups excluding carboxylic acids is 1. The van der Waals surface area contributed by atoms with E-state index in [0.29, 0.717) is 23.9 Å². The molecule has 0 fully saturated rings. The fourth-order valence-corrected chi connectivity index (χ4v) is 2.26. The van der Waals surface area contributed by atoms with Crippen molar-refractivity contribution in [3.63, 3.8) is 0 Å². The Morgan fingerprint density at radius 3 is 2.68 bits per heavy atom. The first-order chi connectivity index (χ1) is 12.1. The Kier molecular flexibility index (Phi) is 4.94. The van der Waals surface area contributed by atoms with E-state index in [1.54, 1.807) is 26.2 Å². The number of benzene rings is 2. The highest BCUT2D eigenvalue weighted by molar-refractivity contribution is 5.89. The number of urea groups is 1. The second kappa shape index (κ2) is 7.48. The van der Waals surface area contributed by atoms with E-state index < -0.39 is 0 Å². The summed E-state index contributed by atoms with van der Waals surface area (Å²) in [5, 5.41) is 9.44. The number of aryl methyl sites for hydroxylation is 1. The summed E-state index contributed by atoms with van der Waals surface area (Å²) in [7, 11) is 1.61. The zero-order valence-electron chi connectivity index (χ0n) is 13.9. The van der Waals surface area contributed by atoms with Gasteiger partial charge in [0.2, 0.25) is 11.7 Å². The van der Waals surface area contributed by atoms with E-state index in [9.17, 15) is 4.79 Å². The molecule has 2 amide bonds. The van der Waals surface area contributed by atoms with Gasteiger partial charge in [-0.15, -0.1) is 0 Å². The number of methoxy groups -OCH3 is 1. The van der Waals surface area contributed by atoms with Gasteiger partial charge in [0.05, 0.1) is 7.11 Å². The van der Waals surface area contributed by atoms with Crippen molar-refractivity contribution in [2.24, 2.45) is 0 Å². The number of hydrogen-bond acceptors (Lipinski definition) is 5. The van der Waals surface area contributed by atoms with Gasteiger partial charge in [-0.2, -0.15) is 4.98 Å². The van der Waals surface area contributed by atoms with Crippen LogP contribution in [0.5, 0.6) is 5.75 Å². The summed E-state index contributed by atoms with van der Waals surface area (Å²) in [4.78, 5) is 16.2. The quantitative estimate of drug-likeness (QED) is 0.744. The third-order valence-electron chi connectivity index (χ3n) is 3.52. The van der Waals surface area contributed by atoms with Crippen molar-refractivity contribution >= 4 is 11.7 Å². The lowest BCUT2D eigenvalue weighted by Crippen LogP contribution is -2.28. The lowest BCUT2D eigenvalue weighted by Gasteiger charge is -2.09. The van der Waals surface area contributed by atoms with Crippen LogP contribution in [0.1, 0.15) is 11.5 Å². The maximum atomic E-state index is 12.0. The Balaban J connectivity index is 1.55. The second-order valence-electron chi connectivity index (χ2n) is 5.37. The van der Waals surface area contributed by atoms with Gasteiger partial charge in [-0.3, -0.25) is 0 Å². The molecule has 1 aromatic heterocycles. The molecule has 25 heavy (non-hydrogen) atoms. The van der Waals surface area contributed by atoms with Crippen LogP contribution >= 0.6 is 0 Å². The van der Waals surface area contributed by atoms with E-state index in [0.717, 1.165) is 16.9 Å². The zero-order chi connectivity index (χ0) is 17.6. The lowest BCUT2D eigenvalue weighted by molar-refractivity contribution is 0.251. The number of nitrogens with one attached hydrogen (secondary N) is 2. The van der Waals surface area contributed by atoms with Crippen LogP contribution in [0, 0.1) is 6.92 Å². The van der Waals surface area contributed by atoms with E-state index in [4.69, 9.17) is 9.26 Å². The first-order valence-corrected chi connectivity index (χ1v) is 7.72. The van der Waals surface area contributed by atoms with E-state index in [-0.39, 0.29) is 6.03 Å². The van der Waals surface area contributed by atoms with Crippen molar-refractivity contribution in [2.75, 3.05) is 12.4 Å². The van der Waals surface area contributed by atoms with Crippen molar-refractivity contribution in [2.45, 2.75) is 13.5 Å². The third-order valence-corrected chi connectivity index (χ3v) is 3.52. The zero-order valence-corrected chi connectivity index (χ0v) is 13.9. The van der Waals surface area contributed by atoms with Crippen LogP contribution < -0.4 is 15.4 Å². The molecule has 7 nitrogen and oxygen atoms in total. The van der Waals surface area contributed by atoms with Gasteiger partial charge in [-0.25, -0.2) is 4.79 Å². The Bertz CT molecular complexity index is 859. The van der Waals surface area contributed by atoms with Crippen molar-refractivity contribution < 1.29 is 14.1 Å². The summed E-state index contributed by atoms with van der Waals surface area (Å²) < 4.78 is 10.1. The van der Waals surface area contributed by atoms with Gasteiger partial charge in [-0.05, 0) is 42.0 Å². The monoisotopic (exact) mass is 338 g/mol. The summed E-state index contributed by atoms with van der Waals surface area (Å²) in [5.74, 6) is 1.78. The molecule has 7 heteroatoms. The van der Waals surface area contributed by atoms with Crippen molar-refractivity contribution in [3.05, 3.63) is 60.0 Å². The number of aromatic nitrogens is 2. The summed E-state index contributed by atoms with van der Waals surface area (Å²) in [5.41, 5.74) is 2.45. The standard InChI is InChI=1S/C18H18N4O3/c1-12-20-17(22-25-12)14-6-8-15(9-7-14)21-18(23)19-11-13-4-3-5-16(10-13)24-2/h3-10H,11H2,1-2H3,(H2,19,21,23). The highest BCUT2D eigenvalue weighted by Crippen LogP contribution is 2.18. The van der Waals surface area contributed by atoms with Crippen LogP contribution in [0.15, 0.2) is 53.1 Å².